The van der Waals surface area contributed by atoms with Crippen LogP contribution in [0.4, 0.5) is 0 Å². The maximum absolute atomic E-state index is 5.89. The lowest BCUT2D eigenvalue weighted by molar-refractivity contribution is -0.270. The SMILES string of the molecule is C=CCC1(CC=C)OCC(NCCCCC)CO1. The summed E-state index contributed by atoms with van der Waals surface area (Å²) in [6, 6.07) is 0.310. The quantitative estimate of drug-likeness (QED) is 0.506. The molecule has 0 spiro atoms. The molecule has 0 radical (unpaired) electrons. The van der Waals surface area contributed by atoms with Crippen molar-refractivity contribution in [3.63, 3.8) is 0 Å². The highest BCUT2D eigenvalue weighted by Crippen LogP contribution is 2.27. The fraction of sp³-hybridized carbons (Fsp3) is 0.733. The van der Waals surface area contributed by atoms with Crippen LogP contribution in [0.15, 0.2) is 25.3 Å². The molecule has 0 aromatic heterocycles. The van der Waals surface area contributed by atoms with Gasteiger partial charge >= 0.3 is 0 Å². The molecule has 1 rings (SSSR count). The third-order valence-corrected chi connectivity index (χ3v) is 3.22. The van der Waals surface area contributed by atoms with Crippen molar-refractivity contribution in [2.75, 3.05) is 19.8 Å². The fourth-order valence-electron chi connectivity index (χ4n) is 2.15. The lowest BCUT2D eigenvalue weighted by atomic mass is 10.1. The molecular formula is C15H27NO2. The molecule has 0 aliphatic carbocycles. The smallest absolute Gasteiger partial charge is 0.175 e. The van der Waals surface area contributed by atoms with Crippen LogP contribution in [-0.2, 0) is 9.47 Å². The van der Waals surface area contributed by atoms with Crippen LogP contribution in [0.25, 0.3) is 0 Å². The molecular weight excluding hydrogens is 226 g/mol. The zero-order valence-electron chi connectivity index (χ0n) is 11.6. The van der Waals surface area contributed by atoms with Crippen LogP contribution in [0, 0.1) is 0 Å². The van der Waals surface area contributed by atoms with Crippen LogP contribution in [-0.4, -0.2) is 31.6 Å². The van der Waals surface area contributed by atoms with Gasteiger partial charge in [-0.15, -0.1) is 13.2 Å². The van der Waals surface area contributed by atoms with Crippen molar-refractivity contribution < 1.29 is 9.47 Å². The van der Waals surface area contributed by atoms with Crippen molar-refractivity contribution >= 4 is 0 Å². The van der Waals surface area contributed by atoms with Crippen LogP contribution in [0.3, 0.4) is 0 Å². The summed E-state index contributed by atoms with van der Waals surface area (Å²) in [6.07, 6.45) is 8.86. The summed E-state index contributed by atoms with van der Waals surface area (Å²) in [5.41, 5.74) is 0. The molecule has 1 N–H and O–H groups in total. The Labute approximate surface area is 111 Å². The van der Waals surface area contributed by atoms with Gasteiger partial charge in [0, 0.05) is 12.8 Å². The Hall–Kier alpha value is -0.640. The number of hydrogen-bond acceptors (Lipinski definition) is 3. The monoisotopic (exact) mass is 253 g/mol. The van der Waals surface area contributed by atoms with Gasteiger partial charge in [-0.05, 0) is 13.0 Å². The van der Waals surface area contributed by atoms with Crippen molar-refractivity contribution in [1.29, 1.82) is 0 Å². The number of ether oxygens (including phenoxy) is 2. The van der Waals surface area contributed by atoms with Crippen LogP contribution in [0.5, 0.6) is 0 Å². The maximum Gasteiger partial charge on any atom is 0.175 e. The maximum atomic E-state index is 5.89. The van der Waals surface area contributed by atoms with Crippen LogP contribution < -0.4 is 5.32 Å². The summed E-state index contributed by atoms with van der Waals surface area (Å²) in [6.45, 7) is 12.2. The van der Waals surface area contributed by atoms with Gasteiger partial charge in [-0.25, -0.2) is 0 Å². The molecule has 1 saturated heterocycles. The van der Waals surface area contributed by atoms with Crippen LogP contribution in [0.2, 0.25) is 0 Å². The highest BCUT2D eigenvalue weighted by Gasteiger charge is 2.35. The van der Waals surface area contributed by atoms with Gasteiger partial charge in [0.25, 0.3) is 0 Å². The molecule has 1 aliphatic heterocycles. The van der Waals surface area contributed by atoms with Crippen molar-refractivity contribution in [3.05, 3.63) is 25.3 Å². The van der Waals surface area contributed by atoms with E-state index in [2.05, 4.69) is 25.4 Å². The van der Waals surface area contributed by atoms with E-state index >= 15 is 0 Å². The third-order valence-electron chi connectivity index (χ3n) is 3.22. The summed E-state index contributed by atoms with van der Waals surface area (Å²) in [4.78, 5) is 0. The lowest BCUT2D eigenvalue weighted by Crippen LogP contribution is -2.51. The minimum atomic E-state index is -0.523. The molecule has 3 heteroatoms. The summed E-state index contributed by atoms with van der Waals surface area (Å²) in [5, 5.41) is 3.48. The highest BCUT2D eigenvalue weighted by atomic mass is 16.7. The molecule has 104 valence electrons. The highest BCUT2D eigenvalue weighted by molar-refractivity contribution is 4.90. The molecule has 0 aromatic carbocycles. The van der Waals surface area contributed by atoms with Gasteiger partial charge < -0.3 is 14.8 Å². The Morgan fingerprint density at radius 1 is 1.17 bits per heavy atom. The minimum Gasteiger partial charge on any atom is -0.348 e. The first-order valence-electron chi connectivity index (χ1n) is 6.99. The summed E-state index contributed by atoms with van der Waals surface area (Å²) < 4.78 is 11.8. The Bertz CT molecular complexity index is 233. The predicted octanol–water partition coefficient (Wildman–Crippen LogP) is 3.03. The molecule has 1 aliphatic rings. The Morgan fingerprint density at radius 3 is 2.28 bits per heavy atom. The molecule has 0 unspecified atom stereocenters. The second kappa shape index (κ2) is 8.46. The molecule has 0 aromatic rings. The Morgan fingerprint density at radius 2 is 1.78 bits per heavy atom. The van der Waals surface area contributed by atoms with E-state index in [1.165, 1.54) is 19.3 Å². The molecule has 0 saturated carbocycles. The molecule has 0 atom stereocenters. The predicted molar refractivity (Wildman–Crippen MR) is 75.6 cm³/mol. The standard InChI is InChI=1S/C15H27NO2/c1-4-7-8-11-16-14-12-17-15(9-5-2,10-6-3)18-13-14/h5-6,14,16H,2-4,7-13H2,1H3. The van der Waals surface area contributed by atoms with Gasteiger partial charge in [-0.3, -0.25) is 0 Å². The zero-order valence-corrected chi connectivity index (χ0v) is 11.6. The van der Waals surface area contributed by atoms with E-state index in [4.69, 9.17) is 9.47 Å². The van der Waals surface area contributed by atoms with E-state index in [0.717, 1.165) is 6.54 Å². The summed E-state index contributed by atoms with van der Waals surface area (Å²) >= 11 is 0. The topological polar surface area (TPSA) is 30.5 Å². The van der Waals surface area contributed by atoms with Gasteiger partial charge in [0.1, 0.15) is 0 Å². The molecule has 0 amide bonds. The van der Waals surface area contributed by atoms with Crippen molar-refractivity contribution in [3.8, 4) is 0 Å². The second-order valence-corrected chi connectivity index (χ2v) is 4.88. The van der Waals surface area contributed by atoms with E-state index in [9.17, 15) is 0 Å². The first kappa shape index (κ1) is 15.4. The molecule has 1 fully saturated rings. The normalized spacial score (nSPS) is 19.6. The van der Waals surface area contributed by atoms with Crippen LogP contribution >= 0.6 is 0 Å². The minimum absolute atomic E-state index is 0.310. The van der Waals surface area contributed by atoms with Crippen LogP contribution in [0.1, 0.15) is 39.0 Å². The first-order valence-corrected chi connectivity index (χ1v) is 6.99. The molecule has 0 bridgehead atoms. The first-order chi connectivity index (χ1) is 8.76. The molecule has 3 nitrogen and oxygen atoms in total. The largest absolute Gasteiger partial charge is 0.348 e. The molecule has 18 heavy (non-hydrogen) atoms. The van der Waals surface area contributed by atoms with Gasteiger partial charge in [-0.2, -0.15) is 0 Å². The van der Waals surface area contributed by atoms with Gasteiger partial charge in [0.05, 0.1) is 19.3 Å². The number of nitrogens with one attached hydrogen (secondary N) is 1. The average Bonchev–Trinajstić information content (AvgIpc) is 2.38. The lowest BCUT2D eigenvalue weighted by Gasteiger charge is -2.39. The number of unbranched alkanes of at least 4 members (excludes halogenated alkanes) is 2. The molecule has 1 heterocycles. The third kappa shape index (κ3) is 4.92. The second-order valence-electron chi connectivity index (χ2n) is 4.88. The van der Waals surface area contributed by atoms with E-state index in [1.54, 1.807) is 0 Å². The fourth-order valence-corrected chi connectivity index (χ4v) is 2.15. The summed E-state index contributed by atoms with van der Waals surface area (Å²) in [7, 11) is 0. The van der Waals surface area contributed by atoms with Gasteiger partial charge in [-0.1, -0.05) is 31.9 Å². The van der Waals surface area contributed by atoms with Crippen molar-refractivity contribution in [2.24, 2.45) is 0 Å². The van der Waals surface area contributed by atoms with E-state index in [-0.39, 0.29) is 0 Å². The van der Waals surface area contributed by atoms with Crippen molar-refractivity contribution in [1.82, 2.24) is 5.32 Å². The number of rotatable bonds is 9. The Balaban J connectivity index is 2.29. The van der Waals surface area contributed by atoms with E-state index in [0.29, 0.717) is 32.1 Å². The van der Waals surface area contributed by atoms with E-state index < -0.39 is 5.79 Å². The van der Waals surface area contributed by atoms with Gasteiger partial charge in [0.2, 0.25) is 0 Å². The van der Waals surface area contributed by atoms with E-state index in [1.807, 2.05) is 12.2 Å². The van der Waals surface area contributed by atoms with Gasteiger partial charge in [0.15, 0.2) is 5.79 Å². The zero-order chi connectivity index (χ0) is 13.3. The van der Waals surface area contributed by atoms with Crippen molar-refractivity contribution in [2.45, 2.75) is 50.9 Å². The Kier molecular flexibility index (Phi) is 7.25. The number of hydrogen-bond donors (Lipinski definition) is 1. The summed E-state index contributed by atoms with van der Waals surface area (Å²) in [5.74, 6) is -0.523. The average molecular weight is 253 g/mol.